The van der Waals surface area contributed by atoms with Crippen LogP contribution in [0.3, 0.4) is 0 Å². The van der Waals surface area contributed by atoms with Gasteiger partial charge in [-0.3, -0.25) is 9.59 Å². The summed E-state index contributed by atoms with van der Waals surface area (Å²) in [6, 6.07) is 6.15. The van der Waals surface area contributed by atoms with Crippen LogP contribution < -0.4 is 10.1 Å². The van der Waals surface area contributed by atoms with E-state index in [4.69, 9.17) is 4.74 Å². The number of likely N-dealkylation sites (tertiary alicyclic amines) is 1. The van der Waals surface area contributed by atoms with Crippen LogP contribution >= 0.6 is 0 Å². The number of nitrogens with zero attached hydrogens (tertiary/aromatic N) is 1. The van der Waals surface area contributed by atoms with Gasteiger partial charge >= 0.3 is 0 Å². The molecule has 1 aromatic rings. The summed E-state index contributed by atoms with van der Waals surface area (Å²) >= 11 is 0. The molecule has 1 aromatic carbocycles. The predicted molar refractivity (Wildman–Crippen MR) is 108 cm³/mol. The summed E-state index contributed by atoms with van der Waals surface area (Å²) in [6.07, 6.45) is 3.21. The van der Waals surface area contributed by atoms with Crippen molar-refractivity contribution in [2.24, 2.45) is 0 Å². The Morgan fingerprint density at radius 3 is 2.32 bits per heavy atom. The number of benzene rings is 1. The molecular weight excluding hydrogens is 356 g/mol. The first-order chi connectivity index (χ1) is 13.4. The van der Waals surface area contributed by atoms with Gasteiger partial charge < -0.3 is 19.7 Å². The second-order valence-electron chi connectivity index (χ2n) is 7.60. The highest BCUT2D eigenvalue weighted by molar-refractivity contribution is 5.83. The lowest BCUT2D eigenvalue weighted by molar-refractivity contribution is -0.132. The summed E-state index contributed by atoms with van der Waals surface area (Å²) in [5.41, 5.74) is 2.22. The average molecular weight is 389 g/mol. The van der Waals surface area contributed by atoms with Crippen molar-refractivity contribution in [3.05, 3.63) is 29.3 Å². The summed E-state index contributed by atoms with van der Waals surface area (Å²) < 4.78 is 5.86. The quantitative estimate of drug-likeness (QED) is 0.660. The number of ketones is 1. The van der Waals surface area contributed by atoms with E-state index < -0.39 is 0 Å². The highest BCUT2D eigenvalue weighted by Gasteiger charge is 2.23. The molecule has 0 aromatic heterocycles. The van der Waals surface area contributed by atoms with Crippen LogP contribution in [0.15, 0.2) is 18.2 Å². The van der Waals surface area contributed by atoms with E-state index >= 15 is 0 Å². The Hall–Kier alpha value is -2.37. The third-order valence-electron chi connectivity index (χ3n) is 5.11. The average Bonchev–Trinajstić information content (AvgIpc) is 2.66. The van der Waals surface area contributed by atoms with Crippen LogP contribution in [0, 0.1) is 13.8 Å². The zero-order valence-electron chi connectivity index (χ0n) is 17.3. The van der Waals surface area contributed by atoms with Crippen LogP contribution in [0.25, 0.3) is 0 Å². The number of ether oxygens (including phenoxy) is 1. The number of rotatable bonds is 9. The smallest absolute Gasteiger partial charge is 0.222 e. The number of hydrogen-bond donors (Lipinski definition) is 1. The van der Waals surface area contributed by atoms with Crippen molar-refractivity contribution in [2.45, 2.75) is 65.3 Å². The maximum absolute atomic E-state index is 12.4. The lowest BCUT2D eigenvalue weighted by Crippen LogP contribution is -2.46. The number of carbonyl (C=O) groups is 3. The highest BCUT2D eigenvalue weighted by atomic mass is 16.5. The van der Waals surface area contributed by atoms with Crippen molar-refractivity contribution in [3.63, 3.8) is 0 Å². The summed E-state index contributed by atoms with van der Waals surface area (Å²) in [5.74, 6) is 1.00. The first kappa shape index (κ1) is 21.9. The molecule has 1 fully saturated rings. The molecule has 1 aliphatic heterocycles. The van der Waals surface area contributed by atoms with E-state index in [9.17, 15) is 14.4 Å². The molecule has 2 rings (SSSR count). The Balaban J connectivity index is 1.64. The highest BCUT2D eigenvalue weighted by Crippen LogP contribution is 2.22. The molecule has 0 radical (unpaired) electrons. The van der Waals surface area contributed by atoms with Crippen molar-refractivity contribution in [2.75, 3.05) is 19.7 Å². The molecule has 0 bridgehead atoms. The molecule has 1 aliphatic rings. The normalized spacial score (nSPS) is 14.6. The fraction of sp³-hybridized carbons (Fsp3) is 0.591. The Morgan fingerprint density at radius 1 is 1.07 bits per heavy atom. The van der Waals surface area contributed by atoms with Gasteiger partial charge in [0, 0.05) is 38.4 Å². The molecular formula is C22H32N2O4. The molecule has 1 saturated heterocycles. The first-order valence-corrected chi connectivity index (χ1v) is 10.1. The van der Waals surface area contributed by atoms with Gasteiger partial charge in [0.2, 0.25) is 11.8 Å². The van der Waals surface area contributed by atoms with Crippen LogP contribution in [0.4, 0.5) is 0 Å². The molecule has 1 heterocycles. The SMILES string of the molecule is CC(=O)CCC(=O)NC1CCN(C(=O)CCCOc2c(C)cccc2C)CC1. The number of Topliss-reactive ketones (excluding diaryl/α,β-unsaturated/α-hetero) is 1. The number of amides is 2. The Kier molecular flexibility index (Phi) is 8.48. The predicted octanol–water partition coefficient (Wildman–Crippen LogP) is 2.94. The van der Waals surface area contributed by atoms with Crippen LogP contribution in [-0.4, -0.2) is 48.2 Å². The van der Waals surface area contributed by atoms with Gasteiger partial charge in [0.1, 0.15) is 11.5 Å². The summed E-state index contributed by atoms with van der Waals surface area (Å²) in [4.78, 5) is 37.0. The van der Waals surface area contributed by atoms with Crippen molar-refractivity contribution in [3.8, 4) is 5.75 Å². The minimum Gasteiger partial charge on any atom is -0.493 e. The van der Waals surface area contributed by atoms with Crippen molar-refractivity contribution >= 4 is 17.6 Å². The standard InChI is InChI=1S/C22H32N2O4/c1-16-6-4-7-17(2)22(16)28-15-5-8-21(27)24-13-11-19(12-14-24)23-20(26)10-9-18(3)25/h4,6-7,19H,5,8-15H2,1-3H3,(H,23,26). The Labute approximate surface area is 167 Å². The maximum Gasteiger partial charge on any atom is 0.222 e. The van der Waals surface area contributed by atoms with Gasteiger partial charge in [0.05, 0.1) is 6.61 Å². The number of piperidine rings is 1. The Morgan fingerprint density at radius 2 is 1.71 bits per heavy atom. The van der Waals surface area contributed by atoms with Crippen LogP contribution in [0.2, 0.25) is 0 Å². The van der Waals surface area contributed by atoms with Crippen molar-refractivity contribution < 1.29 is 19.1 Å². The lowest BCUT2D eigenvalue weighted by atomic mass is 10.0. The van der Waals surface area contributed by atoms with Crippen LogP contribution in [-0.2, 0) is 14.4 Å². The van der Waals surface area contributed by atoms with Gasteiger partial charge in [-0.1, -0.05) is 18.2 Å². The zero-order valence-corrected chi connectivity index (χ0v) is 17.3. The molecule has 1 N–H and O–H groups in total. The summed E-state index contributed by atoms with van der Waals surface area (Å²) in [6.45, 7) is 7.39. The molecule has 28 heavy (non-hydrogen) atoms. The first-order valence-electron chi connectivity index (χ1n) is 10.1. The van der Waals surface area contributed by atoms with Gasteiger partial charge in [-0.05, 0) is 51.2 Å². The van der Waals surface area contributed by atoms with E-state index in [0.717, 1.165) is 29.7 Å². The zero-order chi connectivity index (χ0) is 20.5. The number of hydrogen-bond acceptors (Lipinski definition) is 4. The fourth-order valence-corrected chi connectivity index (χ4v) is 3.45. The molecule has 154 valence electrons. The van der Waals surface area contributed by atoms with E-state index in [1.807, 2.05) is 36.9 Å². The topological polar surface area (TPSA) is 75.7 Å². The molecule has 0 atom stereocenters. The minimum absolute atomic E-state index is 0.0251. The summed E-state index contributed by atoms with van der Waals surface area (Å²) in [5, 5.41) is 2.97. The van der Waals surface area contributed by atoms with Gasteiger partial charge in [0.15, 0.2) is 0 Å². The maximum atomic E-state index is 12.4. The Bertz CT molecular complexity index is 674. The number of aryl methyl sites for hydroxylation is 2. The third-order valence-corrected chi connectivity index (χ3v) is 5.11. The third kappa shape index (κ3) is 6.98. The summed E-state index contributed by atoms with van der Waals surface area (Å²) in [7, 11) is 0. The molecule has 0 aliphatic carbocycles. The van der Waals surface area contributed by atoms with E-state index in [-0.39, 0.29) is 36.5 Å². The minimum atomic E-state index is -0.0800. The van der Waals surface area contributed by atoms with Crippen molar-refractivity contribution in [1.82, 2.24) is 10.2 Å². The van der Waals surface area contributed by atoms with Crippen molar-refractivity contribution in [1.29, 1.82) is 0 Å². The van der Waals surface area contributed by atoms with Crippen LogP contribution in [0.1, 0.15) is 56.6 Å². The fourth-order valence-electron chi connectivity index (χ4n) is 3.45. The van der Waals surface area contributed by atoms with Gasteiger partial charge in [-0.25, -0.2) is 0 Å². The van der Waals surface area contributed by atoms with E-state index in [2.05, 4.69) is 5.32 Å². The van der Waals surface area contributed by atoms with Gasteiger partial charge in [-0.15, -0.1) is 0 Å². The number of para-hydroxylation sites is 1. The van der Waals surface area contributed by atoms with E-state index in [1.165, 1.54) is 6.92 Å². The van der Waals surface area contributed by atoms with E-state index in [0.29, 0.717) is 32.5 Å². The second kappa shape index (κ2) is 10.8. The molecule has 6 nitrogen and oxygen atoms in total. The molecule has 2 amide bonds. The molecule has 6 heteroatoms. The number of carbonyl (C=O) groups excluding carboxylic acids is 3. The van der Waals surface area contributed by atoms with Crippen LogP contribution in [0.5, 0.6) is 5.75 Å². The number of nitrogens with one attached hydrogen (secondary N) is 1. The molecule has 0 spiro atoms. The van der Waals surface area contributed by atoms with E-state index in [1.54, 1.807) is 0 Å². The monoisotopic (exact) mass is 388 g/mol. The molecule has 0 saturated carbocycles. The van der Waals surface area contributed by atoms with Gasteiger partial charge in [-0.2, -0.15) is 0 Å². The largest absolute Gasteiger partial charge is 0.493 e. The second-order valence-corrected chi connectivity index (χ2v) is 7.60. The van der Waals surface area contributed by atoms with Gasteiger partial charge in [0.25, 0.3) is 0 Å². The molecule has 0 unspecified atom stereocenters. The lowest BCUT2D eigenvalue weighted by Gasteiger charge is -2.32.